The third-order valence-electron chi connectivity index (χ3n) is 2.46. The molecule has 0 saturated heterocycles. The maximum Gasteiger partial charge on any atom is 0.258 e. The number of nitrogens with zero attached hydrogens (tertiary/aromatic N) is 1. The van der Waals surface area contributed by atoms with E-state index in [1.807, 2.05) is 29.6 Å². The molecule has 0 fully saturated rings. The van der Waals surface area contributed by atoms with E-state index < -0.39 is 0 Å². The zero-order valence-corrected chi connectivity index (χ0v) is 9.12. The van der Waals surface area contributed by atoms with Crippen molar-refractivity contribution in [3.05, 3.63) is 52.4 Å². The molecule has 0 bridgehead atoms. The molecule has 0 radical (unpaired) electrons. The molecule has 0 aliphatic heterocycles. The minimum absolute atomic E-state index is 0.0941. The van der Waals surface area contributed by atoms with Crippen LogP contribution in [0.5, 0.6) is 0 Å². The molecule has 1 N–H and O–H groups in total. The predicted octanol–water partition coefficient (Wildman–Crippen LogP) is 2.65. The highest BCUT2D eigenvalue weighted by molar-refractivity contribution is 7.13. The molecule has 3 aromatic rings. The van der Waals surface area contributed by atoms with Gasteiger partial charge in [-0.3, -0.25) is 4.79 Å². The largest absolute Gasteiger partial charge is 0.313 e. The summed E-state index contributed by atoms with van der Waals surface area (Å²) in [5.41, 5.74) is 1.68. The van der Waals surface area contributed by atoms with E-state index >= 15 is 0 Å². The number of hydrogen-bond donors (Lipinski definition) is 1. The van der Waals surface area contributed by atoms with Crippen molar-refractivity contribution in [3.63, 3.8) is 0 Å². The van der Waals surface area contributed by atoms with Gasteiger partial charge >= 0.3 is 0 Å². The first-order valence-electron chi connectivity index (χ1n) is 4.86. The third-order valence-corrected chi connectivity index (χ3v) is 3.36. The van der Waals surface area contributed by atoms with Crippen LogP contribution in [0.15, 0.2) is 46.8 Å². The van der Waals surface area contributed by atoms with Gasteiger partial charge in [-0.2, -0.15) is 0 Å². The van der Waals surface area contributed by atoms with Crippen molar-refractivity contribution in [2.24, 2.45) is 0 Å². The van der Waals surface area contributed by atoms with Crippen LogP contribution in [0.4, 0.5) is 0 Å². The van der Waals surface area contributed by atoms with E-state index in [0.717, 1.165) is 16.0 Å². The molecular weight excluding hydrogens is 220 g/mol. The fourth-order valence-corrected chi connectivity index (χ4v) is 2.48. The molecule has 0 amide bonds. The van der Waals surface area contributed by atoms with Crippen LogP contribution >= 0.6 is 11.3 Å². The van der Waals surface area contributed by atoms with Gasteiger partial charge < -0.3 is 4.98 Å². The molecule has 1 aromatic carbocycles. The molecule has 78 valence electrons. The van der Waals surface area contributed by atoms with Crippen LogP contribution in [0.3, 0.4) is 0 Å². The fraction of sp³-hybridized carbons (Fsp3) is 0. The lowest BCUT2D eigenvalue weighted by Gasteiger charge is -2.01. The number of hydrogen-bond acceptors (Lipinski definition) is 3. The Balaban J connectivity index is 2.43. The standard InChI is InChI=1S/C12H8N2OS/c15-12-9-4-1-3-8(10-5-2-6-16-10)11(9)13-7-14-12/h1-7H,(H,13,14,15). The summed E-state index contributed by atoms with van der Waals surface area (Å²) < 4.78 is 0. The first-order chi connectivity index (χ1) is 7.86. The molecule has 2 heterocycles. The van der Waals surface area contributed by atoms with Crippen LogP contribution in [-0.4, -0.2) is 9.97 Å². The predicted molar refractivity (Wildman–Crippen MR) is 65.7 cm³/mol. The van der Waals surface area contributed by atoms with Crippen molar-refractivity contribution in [1.29, 1.82) is 0 Å². The van der Waals surface area contributed by atoms with Crippen LogP contribution in [0, 0.1) is 0 Å². The number of thiophene rings is 1. The van der Waals surface area contributed by atoms with Crippen LogP contribution in [0.25, 0.3) is 21.3 Å². The molecule has 0 unspecified atom stereocenters. The molecule has 2 aromatic heterocycles. The normalized spacial score (nSPS) is 10.8. The number of benzene rings is 1. The second-order valence-electron chi connectivity index (χ2n) is 3.41. The molecule has 16 heavy (non-hydrogen) atoms. The van der Waals surface area contributed by atoms with Crippen molar-refractivity contribution in [2.45, 2.75) is 0 Å². The Morgan fingerprint density at radius 2 is 2.12 bits per heavy atom. The van der Waals surface area contributed by atoms with E-state index in [9.17, 15) is 4.79 Å². The Kier molecular flexibility index (Phi) is 2.08. The SMILES string of the molecule is O=c1[nH]cnc2c(-c3cccs3)cccc12. The van der Waals surface area contributed by atoms with Crippen LogP contribution in [0.2, 0.25) is 0 Å². The number of aromatic nitrogens is 2. The molecule has 3 rings (SSSR count). The van der Waals surface area contributed by atoms with Gasteiger partial charge in [-0.25, -0.2) is 4.98 Å². The van der Waals surface area contributed by atoms with Crippen LogP contribution < -0.4 is 5.56 Å². The fourth-order valence-electron chi connectivity index (χ4n) is 1.73. The first kappa shape index (κ1) is 9.30. The molecule has 3 nitrogen and oxygen atoms in total. The third kappa shape index (κ3) is 1.35. The number of para-hydroxylation sites is 1. The summed E-state index contributed by atoms with van der Waals surface area (Å²) in [4.78, 5) is 19.6. The lowest BCUT2D eigenvalue weighted by molar-refractivity contribution is 1.17. The molecule has 0 saturated carbocycles. The van der Waals surface area contributed by atoms with E-state index in [4.69, 9.17) is 0 Å². The topological polar surface area (TPSA) is 45.8 Å². The Morgan fingerprint density at radius 1 is 1.19 bits per heavy atom. The first-order valence-corrected chi connectivity index (χ1v) is 5.74. The zero-order chi connectivity index (χ0) is 11.0. The molecule has 0 aliphatic rings. The highest BCUT2D eigenvalue weighted by Crippen LogP contribution is 2.28. The van der Waals surface area contributed by atoms with Crippen LogP contribution in [-0.2, 0) is 0 Å². The lowest BCUT2D eigenvalue weighted by atomic mass is 10.1. The van der Waals surface area contributed by atoms with Gasteiger partial charge in [0.25, 0.3) is 5.56 Å². The summed E-state index contributed by atoms with van der Waals surface area (Å²) in [5, 5.41) is 2.65. The second kappa shape index (κ2) is 3.57. The molecular formula is C12H8N2OS. The molecule has 0 atom stereocenters. The minimum Gasteiger partial charge on any atom is -0.313 e. The highest BCUT2D eigenvalue weighted by atomic mass is 32.1. The maximum atomic E-state index is 11.6. The van der Waals surface area contributed by atoms with E-state index in [0.29, 0.717) is 5.39 Å². The van der Waals surface area contributed by atoms with Crippen molar-refractivity contribution in [2.75, 3.05) is 0 Å². The van der Waals surface area contributed by atoms with E-state index in [1.54, 1.807) is 17.4 Å². The van der Waals surface area contributed by atoms with Gasteiger partial charge in [-0.1, -0.05) is 18.2 Å². The van der Waals surface area contributed by atoms with Crippen molar-refractivity contribution in [1.82, 2.24) is 9.97 Å². The van der Waals surface area contributed by atoms with Gasteiger partial charge in [0.15, 0.2) is 0 Å². The Bertz CT molecular complexity index is 686. The van der Waals surface area contributed by atoms with Gasteiger partial charge in [-0.15, -0.1) is 11.3 Å². The second-order valence-corrected chi connectivity index (χ2v) is 4.36. The number of rotatable bonds is 1. The van der Waals surface area contributed by atoms with Crippen molar-refractivity contribution in [3.8, 4) is 10.4 Å². The summed E-state index contributed by atoms with van der Waals surface area (Å²) in [6.45, 7) is 0. The summed E-state index contributed by atoms with van der Waals surface area (Å²) in [6.07, 6.45) is 1.45. The van der Waals surface area contributed by atoms with Crippen molar-refractivity contribution < 1.29 is 0 Å². The number of H-pyrrole nitrogens is 1. The van der Waals surface area contributed by atoms with E-state index in [2.05, 4.69) is 9.97 Å². The average Bonchev–Trinajstić information content (AvgIpc) is 2.82. The van der Waals surface area contributed by atoms with E-state index in [-0.39, 0.29) is 5.56 Å². The monoisotopic (exact) mass is 228 g/mol. The summed E-state index contributed by atoms with van der Waals surface area (Å²) in [6, 6.07) is 9.68. The zero-order valence-electron chi connectivity index (χ0n) is 8.31. The molecule has 4 heteroatoms. The van der Waals surface area contributed by atoms with Gasteiger partial charge in [0.05, 0.1) is 17.2 Å². The number of aromatic amines is 1. The minimum atomic E-state index is -0.0941. The van der Waals surface area contributed by atoms with Gasteiger partial charge in [-0.05, 0) is 17.5 Å². The average molecular weight is 228 g/mol. The maximum absolute atomic E-state index is 11.6. The van der Waals surface area contributed by atoms with E-state index in [1.165, 1.54) is 6.33 Å². The lowest BCUT2D eigenvalue weighted by Crippen LogP contribution is -2.06. The quantitative estimate of drug-likeness (QED) is 0.696. The molecule has 0 spiro atoms. The summed E-state index contributed by atoms with van der Waals surface area (Å²) in [7, 11) is 0. The smallest absolute Gasteiger partial charge is 0.258 e. The Labute approximate surface area is 95.4 Å². The van der Waals surface area contributed by atoms with Gasteiger partial charge in [0, 0.05) is 10.4 Å². The number of fused-ring (bicyclic) bond motifs is 1. The van der Waals surface area contributed by atoms with Crippen molar-refractivity contribution >= 4 is 22.2 Å². The number of nitrogens with one attached hydrogen (secondary N) is 1. The summed E-state index contributed by atoms with van der Waals surface area (Å²) in [5.74, 6) is 0. The van der Waals surface area contributed by atoms with Gasteiger partial charge in [0.1, 0.15) is 0 Å². The van der Waals surface area contributed by atoms with Crippen LogP contribution in [0.1, 0.15) is 0 Å². The Hall–Kier alpha value is -1.94. The molecule has 0 aliphatic carbocycles. The Morgan fingerprint density at radius 3 is 2.94 bits per heavy atom. The highest BCUT2D eigenvalue weighted by Gasteiger charge is 2.07. The van der Waals surface area contributed by atoms with Gasteiger partial charge in [0.2, 0.25) is 0 Å². The summed E-state index contributed by atoms with van der Waals surface area (Å²) >= 11 is 1.64.